The Kier molecular flexibility index (Phi) is 7.18. The van der Waals surface area contributed by atoms with Gasteiger partial charge in [-0.05, 0) is 122 Å². The fourth-order valence-electron chi connectivity index (χ4n) is 7.52. The molecule has 2 heteroatoms. The van der Waals surface area contributed by atoms with Gasteiger partial charge in [0.25, 0.3) is 0 Å². The Hall–Kier alpha value is -6.90. The van der Waals surface area contributed by atoms with Crippen LogP contribution < -0.4 is 4.90 Å². The number of nitrogens with zero attached hydrogens (tertiary/aromatic N) is 1. The Morgan fingerprint density at radius 2 is 0.692 bits per heavy atom. The van der Waals surface area contributed by atoms with Gasteiger partial charge in [-0.3, -0.25) is 0 Å². The number of fused-ring (bicyclic) bond motifs is 5. The van der Waals surface area contributed by atoms with Crippen molar-refractivity contribution in [1.29, 1.82) is 0 Å². The summed E-state index contributed by atoms with van der Waals surface area (Å²) in [5.41, 5.74) is 12.4. The van der Waals surface area contributed by atoms with E-state index in [1.807, 2.05) is 12.1 Å². The van der Waals surface area contributed by atoms with Crippen molar-refractivity contribution in [1.82, 2.24) is 0 Å². The highest BCUT2D eigenvalue weighted by atomic mass is 16.3. The summed E-state index contributed by atoms with van der Waals surface area (Å²) in [7, 11) is 0. The minimum atomic E-state index is 0.890. The number of hydrogen-bond donors (Lipinski definition) is 0. The average molecular weight is 664 g/mol. The van der Waals surface area contributed by atoms with Gasteiger partial charge in [0.15, 0.2) is 0 Å². The minimum Gasteiger partial charge on any atom is -0.456 e. The van der Waals surface area contributed by atoms with Gasteiger partial charge in [0.05, 0.1) is 0 Å². The maximum absolute atomic E-state index is 6.20. The molecule has 244 valence electrons. The maximum Gasteiger partial charge on any atom is 0.135 e. The van der Waals surface area contributed by atoms with E-state index in [0.717, 1.165) is 39.0 Å². The van der Waals surface area contributed by atoms with Gasteiger partial charge in [-0.2, -0.15) is 0 Å². The van der Waals surface area contributed by atoms with Gasteiger partial charge >= 0.3 is 0 Å². The molecular weight excluding hydrogens is 631 g/mol. The predicted octanol–water partition coefficient (Wildman–Crippen LogP) is 14.4. The monoisotopic (exact) mass is 663 g/mol. The van der Waals surface area contributed by atoms with Crippen LogP contribution >= 0.6 is 0 Å². The first-order valence-electron chi connectivity index (χ1n) is 17.7. The summed E-state index contributed by atoms with van der Waals surface area (Å²) < 4.78 is 6.20. The number of hydrogen-bond acceptors (Lipinski definition) is 2. The molecule has 0 atom stereocenters. The Bertz CT molecular complexity index is 2890. The zero-order chi connectivity index (χ0) is 34.4. The van der Waals surface area contributed by atoms with Crippen LogP contribution in [0.1, 0.15) is 0 Å². The first kappa shape index (κ1) is 30.0. The van der Waals surface area contributed by atoms with E-state index in [1.165, 1.54) is 54.9 Å². The fourth-order valence-corrected chi connectivity index (χ4v) is 7.52. The molecule has 0 unspecified atom stereocenters. The number of furan rings is 1. The second-order valence-corrected chi connectivity index (χ2v) is 13.4. The minimum absolute atomic E-state index is 0.890. The van der Waals surface area contributed by atoms with Gasteiger partial charge < -0.3 is 9.32 Å². The van der Waals surface area contributed by atoms with Crippen LogP contribution in [0.4, 0.5) is 17.1 Å². The van der Waals surface area contributed by atoms with E-state index < -0.39 is 0 Å². The maximum atomic E-state index is 6.20. The third-order valence-electron chi connectivity index (χ3n) is 10.2. The summed E-state index contributed by atoms with van der Waals surface area (Å²) in [5.74, 6) is 0. The molecule has 0 aliphatic rings. The molecule has 0 fully saturated rings. The van der Waals surface area contributed by atoms with Gasteiger partial charge in [-0.25, -0.2) is 0 Å². The predicted molar refractivity (Wildman–Crippen MR) is 220 cm³/mol. The molecular formula is C50H33NO. The number of para-hydroxylation sites is 1. The molecule has 10 aromatic rings. The molecule has 0 radical (unpaired) electrons. The molecule has 52 heavy (non-hydrogen) atoms. The van der Waals surface area contributed by atoms with Crippen LogP contribution in [0.5, 0.6) is 0 Å². The van der Waals surface area contributed by atoms with Crippen LogP contribution in [0.15, 0.2) is 205 Å². The van der Waals surface area contributed by atoms with Crippen LogP contribution in [0.25, 0.3) is 76.9 Å². The second kappa shape index (κ2) is 12.5. The second-order valence-electron chi connectivity index (χ2n) is 13.4. The van der Waals surface area contributed by atoms with E-state index in [2.05, 4.69) is 193 Å². The van der Waals surface area contributed by atoms with E-state index in [-0.39, 0.29) is 0 Å². The molecule has 0 saturated carbocycles. The Balaban J connectivity index is 1.04. The van der Waals surface area contributed by atoms with Gasteiger partial charge in [-0.1, -0.05) is 133 Å². The van der Waals surface area contributed by atoms with Crippen molar-refractivity contribution in [2.24, 2.45) is 0 Å². The molecule has 0 saturated heterocycles. The Morgan fingerprint density at radius 1 is 0.269 bits per heavy atom. The van der Waals surface area contributed by atoms with Gasteiger partial charge in [-0.15, -0.1) is 0 Å². The van der Waals surface area contributed by atoms with Gasteiger partial charge in [0.1, 0.15) is 11.2 Å². The van der Waals surface area contributed by atoms with E-state index in [4.69, 9.17) is 4.42 Å². The van der Waals surface area contributed by atoms with Crippen molar-refractivity contribution in [3.8, 4) is 33.4 Å². The standard InChI is InChI=1S/C50H33NO/c1-3-9-34(10-4-1)36-21-24-44(25-22-36)51(46-27-28-50-48(33-46)47-13-7-8-14-49(47)52-50)45-26-23-42-31-41(19-20-43(42)32-45)40-18-17-38-29-37(15-16-39(38)30-40)35-11-5-2-6-12-35/h1-33H. The molecule has 0 N–H and O–H groups in total. The first-order valence-corrected chi connectivity index (χ1v) is 17.7. The molecule has 9 aromatic carbocycles. The number of anilines is 3. The normalized spacial score (nSPS) is 11.5. The molecule has 1 heterocycles. The average Bonchev–Trinajstić information content (AvgIpc) is 3.59. The third-order valence-corrected chi connectivity index (χ3v) is 10.2. The zero-order valence-electron chi connectivity index (χ0n) is 28.4. The summed E-state index contributed by atoms with van der Waals surface area (Å²) in [4.78, 5) is 2.34. The van der Waals surface area contributed by atoms with Crippen LogP contribution in [-0.2, 0) is 0 Å². The van der Waals surface area contributed by atoms with E-state index in [1.54, 1.807) is 0 Å². The molecule has 2 nitrogen and oxygen atoms in total. The van der Waals surface area contributed by atoms with Gasteiger partial charge in [0.2, 0.25) is 0 Å². The summed E-state index contributed by atoms with van der Waals surface area (Å²) in [6, 6.07) is 71.8. The SMILES string of the molecule is c1ccc(-c2ccc(N(c3ccc4cc(-c5ccc6cc(-c7ccccc7)ccc6c5)ccc4c3)c3ccc4oc5ccccc5c4c3)cc2)cc1. The van der Waals surface area contributed by atoms with Crippen LogP contribution in [0.3, 0.4) is 0 Å². The van der Waals surface area contributed by atoms with E-state index in [9.17, 15) is 0 Å². The van der Waals surface area contributed by atoms with Crippen molar-refractivity contribution in [2.45, 2.75) is 0 Å². The summed E-state index contributed by atoms with van der Waals surface area (Å²) in [6.45, 7) is 0. The van der Waals surface area contributed by atoms with Crippen molar-refractivity contribution in [3.05, 3.63) is 200 Å². The zero-order valence-corrected chi connectivity index (χ0v) is 28.4. The fraction of sp³-hybridized carbons (Fsp3) is 0. The molecule has 10 rings (SSSR count). The lowest BCUT2D eigenvalue weighted by atomic mass is 9.96. The van der Waals surface area contributed by atoms with Crippen molar-refractivity contribution in [3.63, 3.8) is 0 Å². The Labute approximate surface area is 302 Å². The van der Waals surface area contributed by atoms with Crippen molar-refractivity contribution in [2.75, 3.05) is 4.90 Å². The molecule has 0 bridgehead atoms. The quantitative estimate of drug-likeness (QED) is 0.176. The Morgan fingerprint density at radius 3 is 1.35 bits per heavy atom. The van der Waals surface area contributed by atoms with Crippen LogP contribution in [0, 0.1) is 0 Å². The van der Waals surface area contributed by atoms with E-state index in [0.29, 0.717) is 0 Å². The summed E-state index contributed by atoms with van der Waals surface area (Å²) >= 11 is 0. The summed E-state index contributed by atoms with van der Waals surface area (Å²) in [5, 5.41) is 7.11. The molecule has 0 aliphatic carbocycles. The van der Waals surface area contributed by atoms with Crippen LogP contribution in [-0.4, -0.2) is 0 Å². The lowest BCUT2D eigenvalue weighted by Crippen LogP contribution is -2.09. The first-order chi connectivity index (χ1) is 25.7. The lowest BCUT2D eigenvalue weighted by Gasteiger charge is -2.26. The highest BCUT2D eigenvalue weighted by Gasteiger charge is 2.16. The van der Waals surface area contributed by atoms with Gasteiger partial charge in [0, 0.05) is 27.8 Å². The molecule has 1 aromatic heterocycles. The molecule has 0 aliphatic heterocycles. The van der Waals surface area contributed by atoms with Crippen molar-refractivity contribution >= 4 is 60.5 Å². The smallest absolute Gasteiger partial charge is 0.135 e. The number of benzene rings is 9. The van der Waals surface area contributed by atoms with Crippen molar-refractivity contribution < 1.29 is 4.42 Å². The highest BCUT2D eigenvalue weighted by Crippen LogP contribution is 2.41. The number of rotatable bonds is 6. The summed E-state index contributed by atoms with van der Waals surface area (Å²) in [6.07, 6.45) is 0. The molecule has 0 spiro atoms. The molecule has 0 amide bonds. The third kappa shape index (κ3) is 5.39. The lowest BCUT2D eigenvalue weighted by molar-refractivity contribution is 0.669. The van der Waals surface area contributed by atoms with Crippen LogP contribution in [0.2, 0.25) is 0 Å². The topological polar surface area (TPSA) is 16.4 Å². The highest BCUT2D eigenvalue weighted by molar-refractivity contribution is 6.06. The van der Waals surface area contributed by atoms with E-state index >= 15 is 0 Å². The largest absolute Gasteiger partial charge is 0.456 e.